The summed E-state index contributed by atoms with van der Waals surface area (Å²) < 4.78 is 0. The normalized spacial score (nSPS) is 11.0. The van der Waals surface area contributed by atoms with Gasteiger partial charge in [0.15, 0.2) is 0 Å². The minimum atomic E-state index is -0.537. The Morgan fingerprint density at radius 1 is 1.10 bits per heavy atom. The summed E-state index contributed by atoms with van der Waals surface area (Å²) in [6, 6.07) is 5.60. The smallest absolute Gasteiger partial charge is 0.268 e. The van der Waals surface area contributed by atoms with E-state index in [4.69, 9.17) is 0 Å². The molecule has 0 aromatic heterocycles. The maximum atomic E-state index is 12.4. The third-order valence-electron chi connectivity index (χ3n) is 2.94. The average Bonchev–Trinajstić information content (AvgIpc) is 2.31. The number of carbonyl (C=O) groups excluding carboxylic acids is 2. The molecular formula is C17H24N2O2. The summed E-state index contributed by atoms with van der Waals surface area (Å²) in [5.41, 5.74) is 5.09. The Kier molecular flexibility index (Phi) is 4.94. The first-order valence-corrected chi connectivity index (χ1v) is 6.91. The Morgan fingerprint density at radius 3 is 1.95 bits per heavy atom. The number of carbonyl (C=O) groups is 2. The maximum absolute atomic E-state index is 12.4. The first-order valence-electron chi connectivity index (χ1n) is 6.91. The second kappa shape index (κ2) is 6.12. The molecule has 21 heavy (non-hydrogen) atoms. The molecule has 0 aliphatic rings. The van der Waals surface area contributed by atoms with Crippen LogP contribution in [0.1, 0.15) is 49.2 Å². The van der Waals surface area contributed by atoms with Crippen molar-refractivity contribution in [1.29, 1.82) is 0 Å². The number of nitrogens with one attached hydrogen (secondary N) is 1. The highest BCUT2D eigenvalue weighted by molar-refractivity contribution is 5.98. The number of amides is 2. The van der Waals surface area contributed by atoms with Crippen LogP contribution < -0.4 is 5.43 Å². The first kappa shape index (κ1) is 17.0. The highest BCUT2D eigenvalue weighted by atomic mass is 16.2. The maximum Gasteiger partial charge on any atom is 0.269 e. The van der Waals surface area contributed by atoms with E-state index in [2.05, 4.69) is 12.0 Å². The van der Waals surface area contributed by atoms with Crippen LogP contribution in [-0.4, -0.2) is 22.4 Å². The Balaban J connectivity index is 3.06. The van der Waals surface area contributed by atoms with E-state index in [-0.39, 0.29) is 11.8 Å². The van der Waals surface area contributed by atoms with Crippen LogP contribution in [0.5, 0.6) is 0 Å². The molecule has 0 radical (unpaired) electrons. The highest BCUT2D eigenvalue weighted by Crippen LogP contribution is 2.15. The molecule has 0 saturated heterocycles. The summed E-state index contributed by atoms with van der Waals surface area (Å²) in [7, 11) is 0. The molecule has 0 spiro atoms. The summed E-state index contributed by atoms with van der Waals surface area (Å²) in [6.07, 6.45) is 0. The van der Waals surface area contributed by atoms with E-state index in [1.807, 2.05) is 40.7 Å². The molecule has 0 saturated carbocycles. The molecule has 0 fully saturated rings. The second-order valence-corrected chi connectivity index (χ2v) is 6.41. The Labute approximate surface area is 126 Å². The minimum Gasteiger partial charge on any atom is -0.268 e. The first-order chi connectivity index (χ1) is 9.52. The predicted octanol–water partition coefficient (Wildman–Crippen LogP) is 3.15. The van der Waals surface area contributed by atoms with Crippen molar-refractivity contribution in [3.8, 4) is 0 Å². The fourth-order valence-corrected chi connectivity index (χ4v) is 1.99. The zero-order valence-electron chi connectivity index (χ0n) is 13.7. The minimum absolute atomic E-state index is 0.291. The van der Waals surface area contributed by atoms with Gasteiger partial charge in [-0.1, -0.05) is 23.8 Å². The summed E-state index contributed by atoms with van der Waals surface area (Å²) in [6.45, 7) is 14.7. The average molecular weight is 288 g/mol. The molecule has 0 aliphatic heterocycles. The Hall–Kier alpha value is -2.10. The van der Waals surface area contributed by atoms with Crippen molar-refractivity contribution in [3.05, 3.63) is 47.0 Å². The van der Waals surface area contributed by atoms with Crippen LogP contribution >= 0.6 is 0 Å². The fourth-order valence-electron chi connectivity index (χ4n) is 1.99. The van der Waals surface area contributed by atoms with Gasteiger partial charge in [-0.25, -0.2) is 5.01 Å². The van der Waals surface area contributed by atoms with E-state index in [9.17, 15) is 9.59 Å². The van der Waals surface area contributed by atoms with Crippen molar-refractivity contribution < 1.29 is 9.59 Å². The third-order valence-corrected chi connectivity index (χ3v) is 2.94. The van der Waals surface area contributed by atoms with Gasteiger partial charge in [0.05, 0.1) is 5.54 Å². The monoisotopic (exact) mass is 288 g/mol. The van der Waals surface area contributed by atoms with Crippen LogP contribution in [-0.2, 0) is 4.79 Å². The molecule has 0 heterocycles. The van der Waals surface area contributed by atoms with Gasteiger partial charge in [0.25, 0.3) is 11.8 Å². The zero-order valence-corrected chi connectivity index (χ0v) is 13.7. The SMILES string of the molecule is C=C(C)C(=O)N(NC(=O)c1cc(C)cc(C)c1)C(C)(C)C. The van der Waals surface area contributed by atoms with E-state index in [0.29, 0.717) is 11.1 Å². The number of hydrogen-bond donors (Lipinski definition) is 1. The summed E-state index contributed by atoms with van der Waals surface area (Å²) >= 11 is 0. The number of benzene rings is 1. The van der Waals surface area contributed by atoms with Crippen LogP contribution in [0.4, 0.5) is 0 Å². The molecule has 0 unspecified atom stereocenters. The van der Waals surface area contributed by atoms with E-state index in [1.165, 1.54) is 5.01 Å². The lowest BCUT2D eigenvalue weighted by Gasteiger charge is -2.35. The van der Waals surface area contributed by atoms with E-state index in [1.54, 1.807) is 19.1 Å². The van der Waals surface area contributed by atoms with Crippen LogP contribution in [0.3, 0.4) is 0 Å². The van der Waals surface area contributed by atoms with Gasteiger partial charge in [-0.2, -0.15) is 0 Å². The molecule has 1 rings (SSSR count). The quantitative estimate of drug-likeness (QED) is 0.671. The molecular weight excluding hydrogens is 264 g/mol. The molecule has 4 heteroatoms. The number of hydrogen-bond acceptors (Lipinski definition) is 2. The fraction of sp³-hybridized carbons (Fsp3) is 0.412. The lowest BCUT2D eigenvalue weighted by molar-refractivity contribution is -0.134. The van der Waals surface area contributed by atoms with Gasteiger partial charge >= 0.3 is 0 Å². The van der Waals surface area contributed by atoms with Crippen molar-refractivity contribution >= 4 is 11.8 Å². The summed E-state index contributed by atoms with van der Waals surface area (Å²) in [5, 5.41) is 1.33. The molecule has 2 amide bonds. The highest BCUT2D eigenvalue weighted by Gasteiger charge is 2.29. The molecule has 4 nitrogen and oxygen atoms in total. The van der Waals surface area contributed by atoms with Gasteiger partial charge in [-0.3, -0.25) is 15.0 Å². The lowest BCUT2D eigenvalue weighted by atomic mass is 10.1. The van der Waals surface area contributed by atoms with E-state index < -0.39 is 5.54 Å². The zero-order chi connectivity index (χ0) is 16.4. The van der Waals surface area contributed by atoms with Crippen LogP contribution in [0.2, 0.25) is 0 Å². The molecule has 114 valence electrons. The van der Waals surface area contributed by atoms with Gasteiger partial charge in [0.1, 0.15) is 0 Å². The van der Waals surface area contributed by atoms with Gasteiger partial charge in [-0.05, 0) is 53.7 Å². The van der Waals surface area contributed by atoms with Crippen LogP contribution in [0.25, 0.3) is 0 Å². The number of rotatable bonds is 2. The molecule has 0 atom stereocenters. The number of aryl methyl sites for hydroxylation is 2. The van der Waals surface area contributed by atoms with Crippen LogP contribution in [0, 0.1) is 13.8 Å². The van der Waals surface area contributed by atoms with Gasteiger partial charge in [0, 0.05) is 11.1 Å². The van der Waals surface area contributed by atoms with Gasteiger partial charge in [-0.15, -0.1) is 0 Å². The second-order valence-electron chi connectivity index (χ2n) is 6.41. The molecule has 0 aliphatic carbocycles. The van der Waals surface area contributed by atoms with Gasteiger partial charge in [0.2, 0.25) is 0 Å². The van der Waals surface area contributed by atoms with Crippen molar-refractivity contribution in [3.63, 3.8) is 0 Å². The van der Waals surface area contributed by atoms with Crippen molar-refractivity contribution in [1.82, 2.24) is 10.4 Å². The third kappa shape index (κ3) is 4.45. The number of hydrazine groups is 1. The van der Waals surface area contributed by atoms with Gasteiger partial charge < -0.3 is 0 Å². The standard InChI is InChI=1S/C17H24N2O2/c1-11(2)16(21)19(17(5,6)7)18-15(20)14-9-12(3)8-13(4)10-14/h8-10H,1H2,2-7H3,(H,18,20). The van der Waals surface area contributed by atoms with Crippen LogP contribution in [0.15, 0.2) is 30.4 Å². The van der Waals surface area contributed by atoms with Crippen molar-refractivity contribution in [2.75, 3.05) is 0 Å². The molecule has 1 aromatic carbocycles. The summed E-state index contributed by atoms with van der Waals surface area (Å²) in [4.78, 5) is 24.6. The predicted molar refractivity (Wildman–Crippen MR) is 84.8 cm³/mol. The molecule has 0 bridgehead atoms. The van der Waals surface area contributed by atoms with E-state index >= 15 is 0 Å². The number of nitrogens with zero attached hydrogens (tertiary/aromatic N) is 1. The Morgan fingerprint density at radius 2 is 1.57 bits per heavy atom. The molecule has 1 N–H and O–H groups in total. The van der Waals surface area contributed by atoms with E-state index in [0.717, 1.165) is 11.1 Å². The topological polar surface area (TPSA) is 49.4 Å². The van der Waals surface area contributed by atoms with Crippen molar-refractivity contribution in [2.24, 2.45) is 0 Å². The van der Waals surface area contributed by atoms with Crippen molar-refractivity contribution in [2.45, 2.75) is 47.1 Å². The Bertz CT molecular complexity index is 563. The summed E-state index contributed by atoms with van der Waals surface area (Å²) in [5.74, 6) is -0.591. The largest absolute Gasteiger partial charge is 0.269 e. The lowest BCUT2D eigenvalue weighted by Crippen LogP contribution is -2.56. The molecule has 1 aromatic rings.